The van der Waals surface area contributed by atoms with Gasteiger partial charge >= 0.3 is 12.1 Å². The van der Waals surface area contributed by atoms with Gasteiger partial charge in [-0.15, -0.1) is 0 Å². The lowest BCUT2D eigenvalue weighted by molar-refractivity contribution is -0.139. The number of carbonyl (C=O) groups is 1. The zero-order valence-electron chi connectivity index (χ0n) is 22.8. The molecule has 3 aromatic carbocycles. The standard InChI is InChI=1S/C31H33F6NO2/c1-17(2)5-10-28(22-15-26(32)29(34)27(33)16-22)38-24-13-20(19-6-8-23(9-7-19)31(35,36)37)12-21(14-24)25(30(39)40)11-18(3)4/h6-9,12-18,25,28,38H,5,10-11H2,1-4H3,(H,39,40). The number of alkyl halides is 3. The van der Waals surface area contributed by atoms with E-state index in [0.29, 0.717) is 41.6 Å². The third-order valence-electron chi connectivity index (χ3n) is 6.69. The molecule has 3 nitrogen and oxygen atoms in total. The van der Waals surface area contributed by atoms with Gasteiger partial charge in [-0.1, -0.05) is 45.9 Å². The third kappa shape index (κ3) is 8.02. The molecule has 0 aliphatic rings. The molecular formula is C31H33F6NO2. The Morgan fingerprint density at radius 3 is 1.90 bits per heavy atom. The van der Waals surface area contributed by atoms with Gasteiger partial charge in [0.25, 0.3) is 0 Å². The number of anilines is 1. The summed E-state index contributed by atoms with van der Waals surface area (Å²) in [4.78, 5) is 12.2. The van der Waals surface area contributed by atoms with E-state index in [1.54, 1.807) is 18.2 Å². The van der Waals surface area contributed by atoms with E-state index in [2.05, 4.69) is 5.32 Å². The molecule has 0 aliphatic heterocycles. The number of halogens is 6. The number of rotatable bonds is 11. The summed E-state index contributed by atoms with van der Waals surface area (Å²) in [6, 6.07) is 10.6. The van der Waals surface area contributed by atoms with Crippen LogP contribution < -0.4 is 5.32 Å². The SMILES string of the molecule is CC(C)CCC(Nc1cc(-c2ccc(C(F)(F)F)cc2)cc(C(CC(C)C)C(=O)O)c1)c1cc(F)c(F)c(F)c1. The fraction of sp³-hybridized carbons (Fsp3) is 0.387. The molecule has 9 heteroatoms. The molecule has 0 bridgehead atoms. The minimum atomic E-state index is -4.51. The molecule has 0 fully saturated rings. The Morgan fingerprint density at radius 2 is 1.40 bits per heavy atom. The van der Waals surface area contributed by atoms with Crippen molar-refractivity contribution in [2.45, 2.75) is 65.1 Å². The first-order chi connectivity index (χ1) is 18.6. The lowest BCUT2D eigenvalue weighted by Gasteiger charge is -2.24. The zero-order chi connectivity index (χ0) is 29.8. The van der Waals surface area contributed by atoms with Gasteiger partial charge in [0.05, 0.1) is 17.5 Å². The second-order valence-electron chi connectivity index (χ2n) is 10.9. The Labute approximate surface area is 230 Å². The van der Waals surface area contributed by atoms with E-state index >= 15 is 0 Å². The van der Waals surface area contributed by atoms with Gasteiger partial charge < -0.3 is 10.4 Å². The number of carboxylic acid groups (broad SMARTS) is 1. The minimum Gasteiger partial charge on any atom is -0.481 e. The van der Waals surface area contributed by atoms with Gasteiger partial charge in [0.15, 0.2) is 17.5 Å². The lowest BCUT2D eigenvalue weighted by atomic mass is 9.88. The molecule has 0 saturated heterocycles. The second kappa shape index (κ2) is 12.8. The first-order valence-electron chi connectivity index (χ1n) is 13.1. The van der Waals surface area contributed by atoms with E-state index in [4.69, 9.17) is 0 Å². The highest BCUT2D eigenvalue weighted by Crippen LogP contribution is 2.36. The van der Waals surface area contributed by atoms with E-state index in [9.17, 15) is 36.2 Å². The van der Waals surface area contributed by atoms with Crippen LogP contribution in [0.3, 0.4) is 0 Å². The summed E-state index contributed by atoms with van der Waals surface area (Å²) in [5.41, 5.74) is 1.12. The molecule has 0 spiro atoms. The highest BCUT2D eigenvalue weighted by molar-refractivity contribution is 5.79. The van der Waals surface area contributed by atoms with E-state index in [-0.39, 0.29) is 17.4 Å². The maximum absolute atomic E-state index is 14.1. The van der Waals surface area contributed by atoms with E-state index in [0.717, 1.165) is 24.3 Å². The monoisotopic (exact) mass is 565 g/mol. The number of hydrogen-bond donors (Lipinski definition) is 2. The average molecular weight is 566 g/mol. The van der Waals surface area contributed by atoms with Crippen molar-refractivity contribution in [2.75, 3.05) is 5.32 Å². The fourth-order valence-corrected chi connectivity index (χ4v) is 4.61. The Balaban J connectivity index is 2.13. The van der Waals surface area contributed by atoms with Gasteiger partial charge in [0, 0.05) is 5.69 Å². The number of benzene rings is 3. The van der Waals surface area contributed by atoms with Gasteiger partial charge in [-0.05, 0) is 89.8 Å². The Bertz CT molecular complexity index is 1300. The van der Waals surface area contributed by atoms with Gasteiger partial charge in [-0.25, -0.2) is 13.2 Å². The molecule has 2 unspecified atom stereocenters. The fourth-order valence-electron chi connectivity index (χ4n) is 4.61. The predicted octanol–water partition coefficient (Wildman–Crippen LogP) is 9.59. The first-order valence-corrected chi connectivity index (χ1v) is 13.1. The van der Waals surface area contributed by atoms with Crippen molar-refractivity contribution in [1.82, 2.24) is 0 Å². The van der Waals surface area contributed by atoms with Crippen molar-refractivity contribution in [3.05, 3.63) is 88.7 Å². The topological polar surface area (TPSA) is 49.3 Å². The maximum atomic E-state index is 14.1. The molecule has 216 valence electrons. The summed E-state index contributed by atoms with van der Waals surface area (Å²) in [5.74, 6) is -5.89. The van der Waals surface area contributed by atoms with Crippen LogP contribution in [-0.2, 0) is 11.0 Å². The molecule has 0 saturated carbocycles. The van der Waals surface area contributed by atoms with Crippen molar-refractivity contribution in [3.8, 4) is 11.1 Å². The maximum Gasteiger partial charge on any atom is 0.416 e. The van der Waals surface area contributed by atoms with E-state index in [1.165, 1.54) is 12.1 Å². The Kier molecular flexibility index (Phi) is 9.92. The molecule has 3 rings (SSSR count). The van der Waals surface area contributed by atoms with Crippen molar-refractivity contribution in [1.29, 1.82) is 0 Å². The molecule has 0 aliphatic carbocycles. The summed E-state index contributed by atoms with van der Waals surface area (Å²) >= 11 is 0. The summed E-state index contributed by atoms with van der Waals surface area (Å²) in [6.45, 7) is 7.73. The molecule has 0 aromatic heterocycles. The number of aliphatic carboxylic acids is 1. The van der Waals surface area contributed by atoms with Crippen LogP contribution in [0.25, 0.3) is 11.1 Å². The van der Waals surface area contributed by atoms with Crippen LogP contribution in [0.1, 0.15) is 75.6 Å². The van der Waals surface area contributed by atoms with Crippen LogP contribution in [-0.4, -0.2) is 11.1 Å². The van der Waals surface area contributed by atoms with Crippen LogP contribution in [0.2, 0.25) is 0 Å². The van der Waals surface area contributed by atoms with Crippen molar-refractivity contribution in [3.63, 3.8) is 0 Å². The van der Waals surface area contributed by atoms with Crippen LogP contribution in [0, 0.1) is 29.3 Å². The van der Waals surface area contributed by atoms with Gasteiger partial charge in [0.2, 0.25) is 0 Å². The van der Waals surface area contributed by atoms with Crippen molar-refractivity contribution >= 4 is 11.7 Å². The Hall–Kier alpha value is -3.49. The van der Waals surface area contributed by atoms with Crippen LogP contribution >= 0.6 is 0 Å². The quantitative estimate of drug-likeness (QED) is 0.180. The summed E-state index contributed by atoms with van der Waals surface area (Å²) in [6.07, 6.45) is -3.11. The van der Waals surface area contributed by atoms with Crippen molar-refractivity contribution in [2.24, 2.45) is 11.8 Å². The number of carboxylic acids is 1. The second-order valence-corrected chi connectivity index (χ2v) is 10.9. The molecule has 2 atom stereocenters. The molecular weight excluding hydrogens is 532 g/mol. The molecule has 0 radical (unpaired) electrons. The predicted molar refractivity (Wildman–Crippen MR) is 143 cm³/mol. The summed E-state index contributed by atoms with van der Waals surface area (Å²) < 4.78 is 81.3. The lowest BCUT2D eigenvalue weighted by Crippen LogP contribution is -2.16. The minimum absolute atomic E-state index is 0.0381. The van der Waals surface area contributed by atoms with Crippen LogP contribution in [0.15, 0.2) is 54.6 Å². The smallest absolute Gasteiger partial charge is 0.416 e. The molecule has 40 heavy (non-hydrogen) atoms. The van der Waals surface area contributed by atoms with Crippen molar-refractivity contribution < 1.29 is 36.2 Å². The molecule has 2 N–H and O–H groups in total. The molecule has 3 aromatic rings. The third-order valence-corrected chi connectivity index (χ3v) is 6.69. The zero-order valence-corrected chi connectivity index (χ0v) is 22.8. The largest absolute Gasteiger partial charge is 0.481 e. The highest BCUT2D eigenvalue weighted by atomic mass is 19.4. The van der Waals surface area contributed by atoms with Crippen LogP contribution in [0.5, 0.6) is 0 Å². The Morgan fingerprint density at radius 1 is 0.800 bits per heavy atom. The number of nitrogens with one attached hydrogen (secondary N) is 1. The molecule has 0 amide bonds. The van der Waals surface area contributed by atoms with Crippen LogP contribution in [0.4, 0.5) is 32.0 Å². The highest BCUT2D eigenvalue weighted by Gasteiger charge is 2.30. The van der Waals surface area contributed by atoms with E-state index < -0.39 is 47.1 Å². The van der Waals surface area contributed by atoms with E-state index in [1.807, 2.05) is 27.7 Å². The summed E-state index contributed by atoms with van der Waals surface area (Å²) in [5, 5.41) is 13.2. The summed E-state index contributed by atoms with van der Waals surface area (Å²) in [7, 11) is 0. The molecule has 0 heterocycles. The normalized spacial score (nSPS) is 13.5. The first kappa shape index (κ1) is 31.0. The number of hydrogen-bond acceptors (Lipinski definition) is 2. The average Bonchev–Trinajstić information content (AvgIpc) is 2.87. The van der Waals surface area contributed by atoms with Gasteiger partial charge in [-0.3, -0.25) is 4.79 Å². The van der Waals surface area contributed by atoms with Gasteiger partial charge in [0.1, 0.15) is 0 Å². The van der Waals surface area contributed by atoms with Gasteiger partial charge in [-0.2, -0.15) is 13.2 Å².